The highest BCUT2D eigenvalue weighted by Gasteiger charge is 2.32. The van der Waals surface area contributed by atoms with Crippen LogP contribution in [0.3, 0.4) is 0 Å². The summed E-state index contributed by atoms with van der Waals surface area (Å²) in [4.78, 5) is 4.11. The van der Waals surface area contributed by atoms with Gasteiger partial charge in [0.1, 0.15) is 23.5 Å². The van der Waals surface area contributed by atoms with Crippen molar-refractivity contribution in [3.63, 3.8) is 0 Å². The molecule has 1 aromatic heterocycles. The molecule has 0 unspecified atom stereocenters. The van der Waals surface area contributed by atoms with E-state index in [1.54, 1.807) is 47.1 Å². The minimum Gasteiger partial charge on any atom is -0.367 e. The topological polar surface area (TPSA) is 50.1 Å². The molecule has 0 spiro atoms. The van der Waals surface area contributed by atoms with Crippen LogP contribution in [0.2, 0.25) is 0 Å². The van der Waals surface area contributed by atoms with E-state index in [1.165, 1.54) is 24.3 Å². The summed E-state index contributed by atoms with van der Waals surface area (Å²) in [6, 6.07) is 18.9. The number of halogens is 3. The number of hydrogen-bond acceptors (Lipinski definition) is 5. The first-order chi connectivity index (χ1) is 16.6. The van der Waals surface area contributed by atoms with E-state index in [1.807, 2.05) is 11.0 Å². The number of para-hydroxylation sites is 1. The van der Waals surface area contributed by atoms with Gasteiger partial charge >= 0.3 is 0 Å². The number of benzene rings is 3. The average molecular weight is 464 g/mol. The summed E-state index contributed by atoms with van der Waals surface area (Å²) in [6.07, 6.45) is 0. The molecule has 9 heteroatoms. The molecule has 0 saturated carbocycles. The first-order valence-corrected chi connectivity index (χ1v) is 11.1. The van der Waals surface area contributed by atoms with Crippen LogP contribution in [0, 0.1) is 17.5 Å². The maximum absolute atomic E-state index is 15.0. The molecule has 5 rings (SSSR count). The molecule has 6 nitrogen and oxygen atoms in total. The van der Waals surface area contributed by atoms with Gasteiger partial charge in [-0.05, 0) is 46.3 Å². The number of aromatic nitrogens is 4. The van der Waals surface area contributed by atoms with Gasteiger partial charge in [-0.2, -0.15) is 0 Å². The van der Waals surface area contributed by atoms with Gasteiger partial charge in [-0.25, -0.2) is 17.9 Å². The van der Waals surface area contributed by atoms with Crippen LogP contribution in [0.25, 0.3) is 0 Å². The first-order valence-electron chi connectivity index (χ1n) is 11.1. The number of rotatable bonds is 6. The van der Waals surface area contributed by atoms with Crippen molar-refractivity contribution in [3.05, 3.63) is 107 Å². The quantitative estimate of drug-likeness (QED) is 0.431. The van der Waals surface area contributed by atoms with Crippen molar-refractivity contribution in [2.45, 2.75) is 12.6 Å². The van der Waals surface area contributed by atoms with Crippen LogP contribution in [0.15, 0.2) is 72.8 Å². The SMILES string of the molecule is Fc1ccc(Cn2nnnc2[C@H](c2ccccc2F)N2CCN(c3ccccc3F)CC2)cc1. The fourth-order valence-electron chi connectivity index (χ4n) is 4.41. The summed E-state index contributed by atoms with van der Waals surface area (Å²) >= 11 is 0. The third-order valence-corrected chi connectivity index (χ3v) is 6.12. The Labute approximate surface area is 195 Å². The number of anilines is 1. The standard InChI is InChI=1S/C25H23F3N6/c26-19-11-9-18(10-12-19)17-34-25(29-30-31-34)24(20-5-1-2-6-21(20)27)33-15-13-32(14-16-33)23-8-4-3-7-22(23)28/h1-12,24H,13-17H2/t24-/m0/s1. The Balaban J connectivity index is 1.44. The highest BCUT2D eigenvalue weighted by atomic mass is 19.1. The van der Waals surface area contributed by atoms with Crippen LogP contribution in [0.5, 0.6) is 0 Å². The number of hydrogen-bond donors (Lipinski definition) is 0. The van der Waals surface area contributed by atoms with Gasteiger partial charge in [0.25, 0.3) is 0 Å². The zero-order valence-corrected chi connectivity index (χ0v) is 18.4. The third kappa shape index (κ3) is 4.51. The summed E-state index contributed by atoms with van der Waals surface area (Å²) in [5.74, 6) is -0.434. The molecule has 0 N–H and O–H groups in total. The molecule has 0 aliphatic carbocycles. The molecular weight excluding hydrogens is 441 g/mol. The predicted octanol–water partition coefficient (Wildman–Crippen LogP) is 4.05. The minimum absolute atomic E-state index is 0.259. The third-order valence-electron chi connectivity index (χ3n) is 6.12. The molecule has 1 atom stereocenters. The van der Waals surface area contributed by atoms with E-state index in [0.29, 0.717) is 49.8 Å². The van der Waals surface area contributed by atoms with Gasteiger partial charge in [-0.15, -0.1) is 5.10 Å². The summed E-state index contributed by atoms with van der Waals surface area (Å²) < 4.78 is 44.2. The number of tetrazole rings is 1. The summed E-state index contributed by atoms with van der Waals surface area (Å²) in [5.41, 5.74) is 1.86. The highest BCUT2D eigenvalue weighted by Crippen LogP contribution is 2.31. The fraction of sp³-hybridized carbons (Fsp3) is 0.240. The van der Waals surface area contributed by atoms with Gasteiger partial charge < -0.3 is 4.90 Å². The number of nitrogens with zero attached hydrogens (tertiary/aromatic N) is 6. The molecule has 1 saturated heterocycles. The van der Waals surface area contributed by atoms with Crippen molar-refractivity contribution in [2.75, 3.05) is 31.1 Å². The van der Waals surface area contributed by atoms with E-state index in [-0.39, 0.29) is 17.5 Å². The monoisotopic (exact) mass is 464 g/mol. The lowest BCUT2D eigenvalue weighted by molar-refractivity contribution is 0.197. The van der Waals surface area contributed by atoms with Gasteiger partial charge in [0, 0.05) is 31.7 Å². The molecule has 1 fully saturated rings. The van der Waals surface area contributed by atoms with Crippen LogP contribution < -0.4 is 4.90 Å². The van der Waals surface area contributed by atoms with Crippen LogP contribution in [0.4, 0.5) is 18.9 Å². The van der Waals surface area contributed by atoms with Crippen LogP contribution in [-0.2, 0) is 6.54 Å². The summed E-state index contributed by atoms with van der Waals surface area (Å²) in [6.45, 7) is 2.60. The normalized spacial score (nSPS) is 15.4. The lowest BCUT2D eigenvalue weighted by atomic mass is 10.0. The van der Waals surface area contributed by atoms with Crippen LogP contribution in [0.1, 0.15) is 23.0 Å². The summed E-state index contributed by atoms with van der Waals surface area (Å²) in [5, 5.41) is 12.3. The van der Waals surface area contributed by atoms with Gasteiger partial charge in [0.05, 0.1) is 12.2 Å². The molecule has 34 heavy (non-hydrogen) atoms. The van der Waals surface area contributed by atoms with E-state index < -0.39 is 6.04 Å². The lowest BCUT2D eigenvalue weighted by Crippen LogP contribution is -2.48. The van der Waals surface area contributed by atoms with Crippen molar-refractivity contribution in [1.29, 1.82) is 0 Å². The van der Waals surface area contributed by atoms with E-state index in [4.69, 9.17) is 0 Å². The first kappa shape index (κ1) is 22.1. The molecule has 1 aliphatic rings. The molecule has 0 bridgehead atoms. The lowest BCUT2D eigenvalue weighted by Gasteiger charge is -2.40. The largest absolute Gasteiger partial charge is 0.367 e. The van der Waals surface area contributed by atoms with Crippen molar-refractivity contribution >= 4 is 5.69 Å². The molecule has 1 aliphatic heterocycles. The van der Waals surface area contributed by atoms with Crippen molar-refractivity contribution < 1.29 is 13.2 Å². The Morgan fingerprint density at radius 2 is 1.44 bits per heavy atom. The Morgan fingerprint density at radius 3 is 2.15 bits per heavy atom. The molecule has 0 radical (unpaired) electrons. The van der Waals surface area contributed by atoms with E-state index >= 15 is 0 Å². The van der Waals surface area contributed by atoms with Gasteiger partial charge in [-0.1, -0.05) is 42.5 Å². The van der Waals surface area contributed by atoms with E-state index in [9.17, 15) is 13.2 Å². The van der Waals surface area contributed by atoms with Crippen molar-refractivity contribution in [3.8, 4) is 0 Å². The molecular formula is C25H23F3N6. The second kappa shape index (κ2) is 9.64. The Bertz CT molecular complexity index is 1250. The van der Waals surface area contributed by atoms with Gasteiger partial charge in [0.2, 0.25) is 0 Å². The van der Waals surface area contributed by atoms with Crippen LogP contribution >= 0.6 is 0 Å². The maximum atomic E-state index is 15.0. The predicted molar refractivity (Wildman–Crippen MR) is 122 cm³/mol. The summed E-state index contributed by atoms with van der Waals surface area (Å²) in [7, 11) is 0. The zero-order chi connectivity index (χ0) is 23.5. The van der Waals surface area contributed by atoms with Gasteiger partial charge in [-0.3, -0.25) is 4.90 Å². The smallest absolute Gasteiger partial charge is 0.173 e. The minimum atomic E-state index is -0.528. The van der Waals surface area contributed by atoms with Crippen molar-refractivity contribution in [1.82, 2.24) is 25.1 Å². The zero-order valence-electron chi connectivity index (χ0n) is 18.4. The molecule has 0 amide bonds. The van der Waals surface area contributed by atoms with Gasteiger partial charge in [0.15, 0.2) is 5.82 Å². The van der Waals surface area contributed by atoms with E-state index in [2.05, 4.69) is 20.4 Å². The molecule has 4 aromatic rings. The number of piperazine rings is 1. The second-order valence-corrected chi connectivity index (χ2v) is 8.22. The molecule has 174 valence electrons. The van der Waals surface area contributed by atoms with Crippen molar-refractivity contribution in [2.24, 2.45) is 0 Å². The molecule has 3 aromatic carbocycles. The maximum Gasteiger partial charge on any atom is 0.173 e. The average Bonchev–Trinajstić information content (AvgIpc) is 3.30. The Hall–Kier alpha value is -3.72. The Kier molecular flexibility index (Phi) is 6.27. The van der Waals surface area contributed by atoms with Crippen LogP contribution in [-0.4, -0.2) is 51.3 Å². The highest BCUT2D eigenvalue weighted by molar-refractivity contribution is 5.48. The van der Waals surface area contributed by atoms with E-state index in [0.717, 1.165) is 5.56 Å². The second-order valence-electron chi connectivity index (χ2n) is 8.22. The fourth-order valence-corrected chi connectivity index (χ4v) is 4.41. The molecule has 2 heterocycles. The Morgan fingerprint density at radius 1 is 0.765 bits per heavy atom.